The van der Waals surface area contributed by atoms with E-state index in [1.54, 1.807) is 0 Å². The quantitative estimate of drug-likeness (QED) is 0.168. The third-order valence-electron chi connectivity index (χ3n) is 11.0. The van der Waals surface area contributed by atoms with Gasteiger partial charge < -0.3 is 9.32 Å². The van der Waals surface area contributed by atoms with Crippen molar-refractivity contribution in [2.45, 2.75) is 0 Å². The normalized spacial score (nSPS) is 11.7. The highest BCUT2D eigenvalue weighted by atomic mass is 16.3. The fraction of sp³-hybridized carbons (Fsp3) is 0. The monoisotopic (exact) mass is 687 g/mol. The third-order valence-corrected chi connectivity index (χ3v) is 11.0. The molecule has 54 heavy (non-hydrogen) atoms. The molecule has 0 N–H and O–H groups in total. The van der Waals surface area contributed by atoms with E-state index in [4.69, 9.17) is 4.42 Å². The third kappa shape index (κ3) is 4.96. The molecule has 0 atom stereocenters. The van der Waals surface area contributed by atoms with Crippen LogP contribution >= 0.6 is 0 Å². The Kier molecular flexibility index (Phi) is 6.90. The Bertz CT molecular complexity index is 3050. The summed E-state index contributed by atoms with van der Waals surface area (Å²) in [4.78, 5) is 2.32. The van der Waals surface area contributed by atoms with Crippen molar-refractivity contribution in [2.24, 2.45) is 0 Å². The Morgan fingerprint density at radius 2 is 0.722 bits per heavy atom. The first-order valence-corrected chi connectivity index (χ1v) is 18.5. The maximum Gasteiger partial charge on any atom is 0.159 e. The van der Waals surface area contributed by atoms with E-state index < -0.39 is 0 Å². The number of hydrogen-bond donors (Lipinski definition) is 0. The summed E-state index contributed by atoms with van der Waals surface area (Å²) in [5.41, 5.74) is 9.62. The number of nitrogens with zero attached hydrogens (tertiary/aromatic N) is 1. The number of furan rings is 1. The van der Waals surface area contributed by atoms with Crippen LogP contribution in [0.2, 0.25) is 0 Å². The summed E-state index contributed by atoms with van der Waals surface area (Å²) in [6.07, 6.45) is 0. The van der Waals surface area contributed by atoms with Crippen LogP contribution in [0.15, 0.2) is 205 Å². The molecule has 11 rings (SSSR count). The van der Waals surface area contributed by atoms with Gasteiger partial charge in [-0.05, 0) is 114 Å². The van der Waals surface area contributed by atoms with E-state index in [-0.39, 0.29) is 0 Å². The van der Waals surface area contributed by atoms with Crippen LogP contribution in [0.3, 0.4) is 0 Å². The molecule has 252 valence electrons. The number of anilines is 3. The first-order chi connectivity index (χ1) is 26.7. The summed E-state index contributed by atoms with van der Waals surface area (Å²) in [5, 5.41) is 12.3. The highest BCUT2D eigenvalue weighted by Gasteiger charge is 2.20. The van der Waals surface area contributed by atoms with E-state index in [1.807, 2.05) is 12.1 Å². The van der Waals surface area contributed by atoms with E-state index in [9.17, 15) is 0 Å². The van der Waals surface area contributed by atoms with Crippen LogP contribution in [-0.4, -0.2) is 0 Å². The van der Waals surface area contributed by atoms with Crippen LogP contribution in [0.4, 0.5) is 17.1 Å². The maximum atomic E-state index is 6.60. The summed E-state index contributed by atoms with van der Waals surface area (Å²) in [7, 11) is 0. The van der Waals surface area contributed by atoms with Gasteiger partial charge in [-0.2, -0.15) is 0 Å². The summed E-state index contributed by atoms with van der Waals surface area (Å²) >= 11 is 0. The van der Waals surface area contributed by atoms with Crippen LogP contribution < -0.4 is 4.90 Å². The van der Waals surface area contributed by atoms with Gasteiger partial charge in [0.05, 0.1) is 5.69 Å². The predicted molar refractivity (Wildman–Crippen MR) is 229 cm³/mol. The zero-order valence-electron chi connectivity index (χ0n) is 29.4. The summed E-state index contributed by atoms with van der Waals surface area (Å²) in [6.45, 7) is 0. The van der Waals surface area contributed by atoms with E-state index in [1.165, 1.54) is 65.3 Å². The summed E-state index contributed by atoms with van der Waals surface area (Å²) in [5.74, 6) is 0. The first-order valence-electron chi connectivity index (χ1n) is 18.5. The Morgan fingerprint density at radius 1 is 0.296 bits per heavy atom. The Labute approximate surface area is 312 Å². The molecule has 0 radical (unpaired) electrons. The van der Waals surface area contributed by atoms with Gasteiger partial charge in [-0.15, -0.1) is 0 Å². The lowest BCUT2D eigenvalue weighted by atomic mass is 9.96. The van der Waals surface area contributed by atoms with Gasteiger partial charge in [0.1, 0.15) is 5.58 Å². The molecule has 0 fully saturated rings. The molecule has 0 unspecified atom stereocenters. The number of hydrogen-bond acceptors (Lipinski definition) is 2. The number of fused-ring (bicyclic) bond motifs is 9. The fourth-order valence-electron chi connectivity index (χ4n) is 8.30. The van der Waals surface area contributed by atoms with Crippen molar-refractivity contribution >= 4 is 82.1 Å². The second-order valence-corrected chi connectivity index (χ2v) is 14.1. The lowest BCUT2D eigenvalue weighted by Crippen LogP contribution is -2.10. The highest BCUT2D eigenvalue weighted by molar-refractivity contribution is 6.11. The standard InChI is InChI=1S/C52H33NO/c1-3-10-44-36(8-1)16-18-38-20-22-40(32-48(38)44)34-24-28-42(29-25-34)53(50-14-7-13-47-46-12-5-6-15-51(46)54-52(47)50)43-30-26-35(27-31-43)41-23-21-39-19-17-37-9-2-4-11-45(37)49(39)33-41/h1-33H. The van der Waals surface area contributed by atoms with Gasteiger partial charge in [-0.3, -0.25) is 0 Å². The van der Waals surface area contributed by atoms with Crippen molar-refractivity contribution in [1.29, 1.82) is 0 Å². The molecular weight excluding hydrogens is 655 g/mol. The molecule has 11 aromatic rings. The van der Waals surface area contributed by atoms with Gasteiger partial charge in [-0.25, -0.2) is 0 Å². The van der Waals surface area contributed by atoms with Crippen molar-refractivity contribution in [3.05, 3.63) is 200 Å². The van der Waals surface area contributed by atoms with Crippen LogP contribution in [0.1, 0.15) is 0 Å². The summed E-state index contributed by atoms with van der Waals surface area (Å²) in [6, 6.07) is 72.3. The number of benzene rings is 10. The molecule has 2 heteroatoms. The molecule has 1 aromatic heterocycles. The number of rotatable bonds is 5. The average Bonchev–Trinajstić information content (AvgIpc) is 3.63. The van der Waals surface area contributed by atoms with Crippen LogP contribution in [0, 0.1) is 0 Å². The van der Waals surface area contributed by atoms with Crippen molar-refractivity contribution in [3.8, 4) is 22.3 Å². The zero-order chi connectivity index (χ0) is 35.6. The van der Waals surface area contributed by atoms with Crippen molar-refractivity contribution in [2.75, 3.05) is 4.90 Å². The molecule has 0 aliphatic carbocycles. The number of para-hydroxylation sites is 2. The zero-order valence-corrected chi connectivity index (χ0v) is 29.4. The van der Waals surface area contributed by atoms with Crippen LogP contribution in [0.5, 0.6) is 0 Å². The molecule has 0 saturated carbocycles. The fourth-order valence-corrected chi connectivity index (χ4v) is 8.30. The van der Waals surface area contributed by atoms with Gasteiger partial charge in [0, 0.05) is 22.1 Å². The van der Waals surface area contributed by atoms with Crippen molar-refractivity contribution in [3.63, 3.8) is 0 Å². The van der Waals surface area contributed by atoms with E-state index in [2.05, 4.69) is 193 Å². The topological polar surface area (TPSA) is 16.4 Å². The van der Waals surface area contributed by atoms with Crippen molar-refractivity contribution < 1.29 is 4.42 Å². The van der Waals surface area contributed by atoms with E-state index >= 15 is 0 Å². The summed E-state index contributed by atoms with van der Waals surface area (Å²) < 4.78 is 6.60. The van der Waals surface area contributed by atoms with Crippen LogP contribution in [-0.2, 0) is 0 Å². The van der Waals surface area contributed by atoms with Gasteiger partial charge in [-0.1, -0.05) is 152 Å². The first kappa shape index (κ1) is 30.5. The highest BCUT2D eigenvalue weighted by Crippen LogP contribution is 2.43. The predicted octanol–water partition coefficient (Wildman–Crippen LogP) is 15.0. The molecule has 2 nitrogen and oxygen atoms in total. The lowest BCUT2D eigenvalue weighted by molar-refractivity contribution is 0.669. The molecule has 0 bridgehead atoms. The SMILES string of the molecule is c1ccc2c(c1)ccc1ccc(-c3ccc(N(c4ccc(-c5ccc6ccc7ccccc7c6c5)cc4)c4cccc5c4oc4ccccc45)cc3)cc12. The minimum absolute atomic E-state index is 0.870. The maximum absolute atomic E-state index is 6.60. The Balaban J connectivity index is 1.03. The smallest absolute Gasteiger partial charge is 0.159 e. The molecule has 0 aliphatic heterocycles. The minimum Gasteiger partial charge on any atom is -0.454 e. The molecule has 1 heterocycles. The van der Waals surface area contributed by atoms with E-state index in [0.717, 1.165) is 39.0 Å². The lowest BCUT2D eigenvalue weighted by Gasteiger charge is -2.26. The molecule has 0 amide bonds. The molecule has 0 saturated heterocycles. The van der Waals surface area contributed by atoms with E-state index in [0.29, 0.717) is 0 Å². The molecular formula is C52H33NO. The van der Waals surface area contributed by atoms with Gasteiger partial charge >= 0.3 is 0 Å². The minimum atomic E-state index is 0.870. The van der Waals surface area contributed by atoms with Gasteiger partial charge in [0.25, 0.3) is 0 Å². The Morgan fingerprint density at radius 3 is 1.28 bits per heavy atom. The molecule has 0 spiro atoms. The molecule has 0 aliphatic rings. The second kappa shape index (κ2) is 12.2. The van der Waals surface area contributed by atoms with Gasteiger partial charge in [0.15, 0.2) is 5.58 Å². The largest absolute Gasteiger partial charge is 0.454 e. The molecule has 10 aromatic carbocycles. The average molecular weight is 688 g/mol. The van der Waals surface area contributed by atoms with Gasteiger partial charge in [0.2, 0.25) is 0 Å². The van der Waals surface area contributed by atoms with Crippen LogP contribution in [0.25, 0.3) is 87.3 Å². The van der Waals surface area contributed by atoms with Crippen molar-refractivity contribution in [1.82, 2.24) is 0 Å². The second-order valence-electron chi connectivity index (χ2n) is 14.1. The Hall–Kier alpha value is -7.16.